The number of piperidine rings is 1. The molecule has 1 atom stereocenters. The molecule has 2 heterocycles. The van der Waals surface area contributed by atoms with Crippen molar-refractivity contribution < 1.29 is 29.6 Å². The van der Waals surface area contributed by atoms with Crippen LogP contribution in [-0.2, 0) is 6.54 Å². The smallest absolute Gasteiger partial charge is 0.412 e. The van der Waals surface area contributed by atoms with Crippen molar-refractivity contribution in [3.05, 3.63) is 71.3 Å². The monoisotopic (exact) mass is 419 g/mol. The molecule has 0 amide bonds. The molecule has 1 saturated heterocycles. The van der Waals surface area contributed by atoms with Gasteiger partial charge in [-0.1, -0.05) is 30.5 Å². The molecule has 4 N–H and O–H groups in total. The molecule has 1 unspecified atom stereocenters. The van der Waals surface area contributed by atoms with Crippen LogP contribution in [0, 0.1) is 5.41 Å². The van der Waals surface area contributed by atoms with Crippen molar-refractivity contribution in [1.82, 2.24) is 20.5 Å². The number of nitrogens with one attached hydrogen (secondary N) is 4. The number of benzene rings is 1. The third-order valence-corrected chi connectivity index (χ3v) is 5.29. The fourth-order valence-corrected chi connectivity index (χ4v) is 3.72. The zero-order valence-corrected chi connectivity index (χ0v) is 20.0. The van der Waals surface area contributed by atoms with Gasteiger partial charge < -0.3 is 25.9 Å². The number of aromatic amines is 1. The van der Waals surface area contributed by atoms with Gasteiger partial charge in [0.15, 0.2) is 0 Å². The van der Waals surface area contributed by atoms with Gasteiger partial charge in [-0.15, -0.1) is 6.92 Å². The van der Waals surface area contributed by atoms with Gasteiger partial charge in [0.25, 0.3) is 0 Å². The van der Waals surface area contributed by atoms with Crippen molar-refractivity contribution in [2.45, 2.75) is 32.4 Å². The summed E-state index contributed by atoms with van der Waals surface area (Å²) in [7, 11) is 0. The normalized spacial score (nSPS) is 16.8. The van der Waals surface area contributed by atoms with Crippen LogP contribution in [0.5, 0.6) is 0 Å². The molecule has 0 bridgehead atoms. The molecular weight excluding hydrogens is 393 g/mol. The molecule has 148 valence electrons. The molecule has 1 aromatic carbocycles. The zero-order valence-electron chi connectivity index (χ0n) is 17.2. The molecule has 1 fully saturated rings. The van der Waals surface area contributed by atoms with Crippen LogP contribution in [-0.4, -0.2) is 35.2 Å². The molecule has 1 aliphatic rings. The molecule has 2 aromatic rings. The van der Waals surface area contributed by atoms with Crippen LogP contribution in [0.2, 0.25) is 5.02 Å². The van der Waals surface area contributed by atoms with Gasteiger partial charge in [-0.05, 0) is 37.1 Å². The van der Waals surface area contributed by atoms with Crippen molar-refractivity contribution in [2.75, 3.05) is 13.1 Å². The summed E-state index contributed by atoms with van der Waals surface area (Å²) >= 11 is 6.05. The molecule has 0 radical (unpaired) electrons. The van der Waals surface area contributed by atoms with E-state index in [-0.39, 0.29) is 29.6 Å². The second-order valence-corrected chi connectivity index (χ2v) is 7.64. The van der Waals surface area contributed by atoms with Gasteiger partial charge in [0.05, 0.1) is 12.4 Å². The van der Waals surface area contributed by atoms with Gasteiger partial charge in [-0.3, -0.25) is 0 Å². The SMILES string of the molecule is C=C(NCc1cc2cc(Cl)ccc2[nH]1)NC1CCCN(C(=C)/C(C)=C/[C-]=N)C1.[Na+]. The van der Waals surface area contributed by atoms with Crippen LogP contribution in [0.4, 0.5) is 0 Å². The first-order valence-corrected chi connectivity index (χ1v) is 9.84. The van der Waals surface area contributed by atoms with Crippen molar-refractivity contribution in [3.63, 3.8) is 0 Å². The van der Waals surface area contributed by atoms with Crippen molar-refractivity contribution in [2.24, 2.45) is 0 Å². The maximum atomic E-state index is 7.11. The first kappa shape index (κ1) is 23.6. The molecule has 7 heteroatoms. The Bertz CT molecular complexity index is 917. The number of hydrogen-bond donors (Lipinski definition) is 4. The Morgan fingerprint density at radius 1 is 1.41 bits per heavy atom. The van der Waals surface area contributed by atoms with Crippen LogP contribution < -0.4 is 40.2 Å². The molecule has 1 aromatic heterocycles. The first-order valence-electron chi connectivity index (χ1n) is 9.46. The second kappa shape index (κ2) is 10.9. The number of allylic oxidation sites excluding steroid dienone is 2. The molecule has 0 aliphatic carbocycles. The maximum absolute atomic E-state index is 7.11. The number of aromatic nitrogens is 1. The number of nitrogens with zero attached hydrogens (tertiary/aromatic N) is 1. The fourth-order valence-electron chi connectivity index (χ4n) is 3.54. The average Bonchev–Trinajstić information content (AvgIpc) is 3.08. The third kappa shape index (κ3) is 6.41. The first-order chi connectivity index (χ1) is 13.5. The zero-order chi connectivity index (χ0) is 20.1. The van der Waals surface area contributed by atoms with E-state index in [1.54, 1.807) is 6.08 Å². The van der Waals surface area contributed by atoms with Crippen LogP contribution in [0.25, 0.3) is 10.9 Å². The van der Waals surface area contributed by atoms with E-state index in [4.69, 9.17) is 17.0 Å². The molecular formula is C22H27ClN5Na. The van der Waals surface area contributed by atoms with Crippen LogP contribution in [0.1, 0.15) is 25.5 Å². The van der Waals surface area contributed by atoms with E-state index in [0.29, 0.717) is 12.6 Å². The maximum Gasteiger partial charge on any atom is 1.00 e. The van der Waals surface area contributed by atoms with Crippen LogP contribution >= 0.6 is 11.6 Å². The van der Waals surface area contributed by atoms with E-state index in [2.05, 4.69) is 46.0 Å². The molecule has 0 saturated carbocycles. The summed E-state index contributed by atoms with van der Waals surface area (Å²) in [5.74, 6) is 0.814. The van der Waals surface area contributed by atoms with Crippen molar-refractivity contribution >= 4 is 28.7 Å². The van der Waals surface area contributed by atoms with E-state index in [9.17, 15) is 0 Å². The number of likely N-dealkylation sites (tertiary alicyclic amines) is 1. The number of fused-ring (bicyclic) bond motifs is 1. The molecule has 3 rings (SSSR count). The Labute approximate surface area is 200 Å². The van der Waals surface area contributed by atoms with Gasteiger partial charge in [0.1, 0.15) is 0 Å². The van der Waals surface area contributed by atoms with E-state index in [1.807, 2.05) is 25.1 Å². The number of rotatable bonds is 8. The van der Waals surface area contributed by atoms with E-state index in [1.165, 1.54) is 0 Å². The molecule has 29 heavy (non-hydrogen) atoms. The summed E-state index contributed by atoms with van der Waals surface area (Å²) in [6.45, 7) is 12.8. The number of H-pyrrole nitrogens is 1. The van der Waals surface area contributed by atoms with Gasteiger partial charge in [0.2, 0.25) is 0 Å². The Balaban J connectivity index is 0.00000300. The summed E-state index contributed by atoms with van der Waals surface area (Å²) in [5.41, 5.74) is 4.10. The van der Waals surface area contributed by atoms with Crippen molar-refractivity contribution in [1.29, 1.82) is 5.41 Å². The predicted octanol–water partition coefficient (Wildman–Crippen LogP) is 1.43. The van der Waals surface area contributed by atoms with Crippen LogP contribution in [0.3, 0.4) is 0 Å². The summed E-state index contributed by atoms with van der Waals surface area (Å²) in [4.78, 5) is 5.65. The summed E-state index contributed by atoms with van der Waals surface area (Å²) < 4.78 is 0. The van der Waals surface area contributed by atoms with Gasteiger partial charge >= 0.3 is 29.6 Å². The van der Waals surface area contributed by atoms with Gasteiger partial charge in [-0.25, -0.2) is 6.08 Å². The Kier molecular flexibility index (Phi) is 8.90. The van der Waals surface area contributed by atoms with E-state index >= 15 is 0 Å². The molecule has 1 aliphatic heterocycles. The summed E-state index contributed by atoms with van der Waals surface area (Å²) in [5, 5.41) is 15.8. The Morgan fingerprint density at radius 2 is 2.21 bits per heavy atom. The predicted molar refractivity (Wildman–Crippen MR) is 118 cm³/mol. The van der Waals surface area contributed by atoms with E-state index < -0.39 is 0 Å². The summed E-state index contributed by atoms with van der Waals surface area (Å²) in [6.07, 6.45) is 6.17. The van der Waals surface area contributed by atoms with Gasteiger partial charge in [-0.2, -0.15) is 11.8 Å². The summed E-state index contributed by atoms with van der Waals surface area (Å²) in [6, 6.07) is 8.25. The van der Waals surface area contributed by atoms with Gasteiger partial charge in [0, 0.05) is 40.8 Å². The topological polar surface area (TPSA) is 66.9 Å². The second-order valence-electron chi connectivity index (χ2n) is 7.21. The van der Waals surface area contributed by atoms with Crippen LogP contribution in [0.15, 0.2) is 60.6 Å². The van der Waals surface area contributed by atoms with Crippen molar-refractivity contribution in [3.8, 4) is 0 Å². The average molecular weight is 420 g/mol. The fraction of sp³-hybridized carbons (Fsp3) is 0.318. The van der Waals surface area contributed by atoms with E-state index in [0.717, 1.165) is 64.6 Å². The number of hydrogen-bond acceptors (Lipinski definition) is 4. The minimum absolute atomic E-state index is 0. The molecule has 0 spiro atoms. The number of halogens is 1. The molecule has 5 nitrogen and oxygen atoms in total. The minimum atomic E-state index is 0. The minimum Gasteiger partial charge on any atom is -0.412 e. The Morgan fingerprint density at radius 3 is 2.97 bits per heavy atom. The third-order valence-electron chi connectivity index (χ3n) is 5.06. The Hall–Kier alpha value is -1.66. The largest absolute Gasteiger partial charge is 1.00 e. The standard InChI is InChI=1S/C22H27ClN5.Na/c1-15(8-9-24)16(2)28-10-4-5-20(14-28)26-17(3)25-13-21-12-18-11-19(23)6-7-22(18)27-21;/h6-8,11-12,20,24-27H,2-5,10,13-14H2,1H3;/q-1;+1/b15-8+;. The quantitative estimate of drug-likeness (QED) is 0.226.